The largest absolute Gasteiger partial charge is 0.300 e. The molecule has 2 heteroatoms. The molecule has 20 heavy (non-hydrogen) atoms. The molecule has 0 bridgehead atoms. The molecule has 120 valence electrons. The summed E-state index contributed by atoms with van der Waals surface area (Å²) < 4.78 is 0. The van der Waals surface area contributed by atoms with E-state index < -0.39 is 0 Å². The van der Waals surface area contributed by atoms with Gasteiger partial charge < -0.3 is 4.90 Å². The molecule has 1 fully saturated rings. The SMILES string of the molecule is CCCCCCCCCCN1CCCCC1CCCCl. The molecular weight excluding hydrogens is 266 g/mol. The van der Waals surface area contributed by atoms with E-state index >= 15 is 0 Å². The van der Waals surface area contributed by atoms with E-state index in [9.17, 15) is 0 Å². The minimum Gasteiger partial charge on any atom is -0.300 e. The quantitative estimate of drug-likeness (QED) is 0.315. The van der Waals surface area contributed by atoms with Gasteiger partial charge in [0.2, 0.25) is 0 Å². The first-order valence-corrected chi connectivity index (χ1v) is 9.72. The first-order chi connectivity index (χ1) is 9.88. The summed E-state index contributed by atoms with van der Waals surface area (Å²) in [7, 11) is 0. The average molecular weight is 302 g/mol. The fourth-order valence-corrected chi connectivity index (χ4v) is 3.60. The van der Waals surface area contributed by atoms with E-state index in [2.05, 4.69) is 11.8 Å². The lowest BCUT2D eigenvalue weighted by molar-refractivity contribution is 0.137. The van der Waals surface area contributed by atoms with E-state index in [0.717, 1.165) is 11.9 Å². The molecule has 1 atom stereocenters. The van der Waals surface area contributed by atoms with Crippen LogP contribution < -0.4 is 0 Å². The molecule has 0 aromatic carbocycles. The Bertz CT molecular complexity index is 208. The molecule has 0 radical (unpaired) electrons. The monoisotopic (exact) mass is 301 g/mol. The summed E-state index contributed by atoms with van der Waals surface area (Å²) in [6.45, 7) is 4.96. The van der Waals surface area contributed by atoms with E-state index in [1.165, 1.54) is 96.6 Å². The van der Waals surface area contributed by atoms with Crippen molar-refractivity contribution in [1.82, 2.24) is 4.90 Å². The van der Waals surface area contributed by atoms with E-state index in [4.69, 9.17) is 11.6 Å². The maximum Gasteiger partial charge on any atom is 0.0224 e. The molecule has 0 saturated carbocycles. The minimum atomic E-state index is 0.835. The third-order valence-electron chi connectivity index (χ3n) is 4.72. The number of likely N-dealkylation sites (tertiary alicyclic amines) is 1. The van der Waals surface area contributed by atoms with Crippen LogP contribution in [0, 0.1) is 0 Å². The zero-order valence-corrected chi connectivity index (χ0v) is 14.5. The normalized spacial score (nSPS) is 20.4. The van der Waals surface area contributed by atoms with Crippen molar-refractivity contribution < 1.29 is 0 Å². The van der Waals surface area contributed by atoms with Gasteiger partial charge in [0.05, 0.1) is 0 Å². The Morgan fingerprint density at radius 2 is 1.60 bits per heavy atom. The predicted octanol–water partition coefficient (Wildman–Crippen LogP) is 6.00. The summed E-state index contributed by atoms with van der Waals surface area (Å²) in [5.41, 5.74) is 0. The Kier molecular flexibility index (Phi) is 11.8. The number of unbranched alkanes of at least 4 members (excludes halogenated alkanes) is 7. The lowest BCUT2D eigenvalue weighted by atomic mass is 9.97. The molecule has 1 heterocycles. The highest BCUT2D eigenvalue weighted by Crippen LogP contribution is 2.21. The highest BCUT2D eigenvalue weighted by Gasteiger charge is 2.20. The van der Waals surface area contributed by atoms with Gasteiger partial charge in [0.1, 0.15) is 0 Å². The summed E-state index contributed by atoms with van der Waals surface area (Å²) >= 11 is 5.85. The molecule has 0 spiro atoms. The third kappa shape index (κ3) is 8.52. The van der Waals surface area contributed by atoms with Crippen molar-refractivity contribution in [2.75, 3.05) is 19.0 Å². The van der Waals surface area contributed by atoms with Crippen LogP contribution in [0.2, 0.25) is 0 Å². The molecule has 0 amide bonds. The Hall–Kier alpha value is 0.250. The smallest absolute Gasteiger partial charge is 0.0224 e. The molecule has 1 rings (SSSR count). The molecular formula is C18H36ClN. The van der Waals surface area contributed by atoms with Crippen LogP contribution in [0.25, 0.3) is 0 Å². The molecule has 0 aliphatic carbocycles. The summed E-state index contributed by atoms with van der Waals surface area (Å²) in [4.78, 5) is 2.76. The second-order valence-electron chi connectivity index (χ2n) is 6.49. The molecule has 1 aliphatic heterocycles. The highest BCUT2D eigenvalue weighted by molar-refractivity contribution is 6.17. The molecule has 1 unspecified atom stereocenters. The van der Waals surface area contributed by atoms with Gasteiger partial charge in [-0.15, -0.1) is 11.6 Å². The van der Waals surface area contributed by atoms with E-state index in [1.54, 1.807) is 0 Å². The van der Waals surface area contributed by atoms with Crippen LogP contribution in [0.1, 0.15) is 90.4 Å². The predicted molar refractivity (Wildman–Crippen MR) is 91.8 cm³/mol. The van der Waals surface area contributed by atoms with Gasteiger partial charge in [-0.2, -0.15) is 0 Å². The molecule has 0 N–H and O–H groups in total. The van der Waals surface area contributed by atoms with Crippen molar-refractivity contribution in [1.29, 1.82) is 0 Å². The number of piperidine rings is 1. The zero-order chi connectivity index (χ0) is 14.5. The minimum absolute atomic E-state index is 0.835. The van der Waals surface area contributed by atoms with Crippen LogP contribution >= 0.6 is 11.6 Å². The summed E-state index contributed by atoms with van der Waals surface area (Å²) in [6, 6.07) is 0.840. The van der Waals surface area contributed by atoms with Gasteiger partial charge in [-0.25, -0.2) is 0 Å². The maximum atomic E-state index is 5.85. The number of hydrogen-bond acceptors (Lipinski definition) is 1. The van der Waals surface area contributed by atoms with Crippen molar-refractivity contribution in [2.45, 2.75) is 96.4 Å². The number of nitrogens with zero attached hydrogens (tertiary/aromatic N) is 1. The molecule has 0 aromatic heterocycles. The molecule has 1 nitrogen and oxygen atoms in total. The van der Waals surface area contributed by atoms with Crippen molar-refractivity contribution in [2.24, 2.45) is 0 Å². The van der Waals surface area contributed by atoms with E-state index in [1.807, 2.05) is 0 Å². The Morgan fingerprint density at radius 1 is 0.900 bits per heavy atom. The first kappa shape index (κ1) is 18.3. The van der Waals surface area contributed by atoms with E-state index in [0.29, 0.717) is 0 Å². The topological polar surface area (TPSA) is 3.24 Å². The Labute approximate surface area is 132 Å². The number of halogens is 1. The number of alkyl halides is 1. The summed E-state index contributed by atoms with van der Waals surface area (Å²) in [5, 5.41) is 0. The van der Waals surface area contributed by atoms with Crippen molar-refractivity contribution in [3.8, 4) is 0 Å². The lowest BCUT2D eigenvalue weighted by Gasteiger charge is -2.35. The van der Waals surface area contributed by atoms with Crippen LogP contribution in [0.5, 0.6) is 0 Å². The van der Waals surface area contributed by atoms with Gasteiger partial charge in [-0.05, 0) is 45.2 Å². The van der Waals surface area contributed by atoms with Crippen molar-refractivity contribution in [3.63, 3.8) is 0 Å². The second kappa shape index (κ2) is 13.0. The van der Waals surface area contributed by atoms with Crippen molar-refractivity contribution in [3.05, 3.63) is 0 Å². The van der Waals surface area contributed by atoms with Gasteiger partial charge in [0.25, 0.3) is 0 Å². The van der Waals surface area contributed by atoms with Crippen LogP contribution in [-0.4, -0.2) is 29.9 Å². The summed E-state index contributed by atoms with van der Waals surface area (Å²) in [5.74, 6) is 0.835. The second-order valence-corrected chi connectivity index (χ2v) is 6.87. The molecule has 1 saturated heterocycles. The Morgan fingerprint density at radius 3 is 2.30 bits per heavy atom. The highest BCUT2D eigenvalue weighted by atomic mass is 35.5. The van der Waals surface area contributed by atoms with Gasteiger partial charge in [-0.1, -0.05) is 58.3 Å². The fraction of sp³-hybridized carbons (Fsp3) is 1.00. The molecule has 0 aromatic rings. The Balaban J connectivity index is 2.00. The zero-order valence-electron chi connectivity index (χ0n) is 13.7. The van der Waals surface area contributed by atoms with E-state index in [-0.39, 0.29) is 0 Å². The van der Waals surface area contributed by atoms with Crippen molar-refractivity contribution >= 4 is 11.6 Å². The van der Waals surface area contributed by atoms with Gasteiger partial charge in [0, 0.05) is 11.9 Å². The van der Waals surface area contributed by atoms with Crippen LogP contribution in [0.15, 0.2) is 0 Å². The molecule has 1 aliphatic rings. The maximum absolute atomic E-state index is 5.85. The van der Waals surface area contributed by atoms with Crippen LogP contribution in [0.3, 0.4) is 0 Å². The standard InChI is InChI=1S/C18H36ClN/c1-2-3-4-5-6-7-8-10-16-20-17-11-9-13-18(20)14-12-15-19/h18H,2-17H2,1H3. The van der Waals surface area contributed by atoms with Gasteiger partial charge in [0.15, 0.2) is 0 Å². The summed E-state index contributed by atoms with van der Waals surface area (Å²) in [6.07, 6.45) is 18.2. The first-order valence-electron chi connectivity index (χ1n) is 9.18. The van der Waals surface area contributed by atoms with Crippen LogP contribution in [0.4, 0.5) is 0 Å². The van der Waals surface area contributed by atoms with Gasteiger partial charge in [-0.3, -0.25) is 0 Å². The number of rotatable bonds is 12. The number of hydrogen-bond donors (Lipinski definition) is 0. The van der Waals surface area contributed by atoms with Gasteiger partial charge >= 0.3 is 0 Å². The third-order valence-corrected chi connectivity index (χ3v) is 4.99. The lowest BCUT2D eigenvalue weighted by Crippen LogP contribution is -2.40. The fourth-order valence-electron chi connectivity index (χ4n) is 3.44. The van der Waals surface area contributed by atoms with Crippen LogP contribution in [-0.2, 0) is 0 Å². The average Bonchev–Trinajstić information content (AvgIpc) is 2.49.